The Morgan fingerprint density at radius 1 is 1.47 bits per heavy atom. The molecule has 0 aliphatic rings. The van der Waals surface area contributed by atoms with Crippen molar-refractivity contribution in [3.05, 3.63) is 18.2 Å². The molecule has 1 atom stereocenters. The van der Waals surface area contributed by atoms with Gasteiger partial charge in [-0.1, -0.05) is 0 Å². The lowest BCUT2D eigenvalue weighted by Crippen LogP contribution is -2.23. The summed E-state index contributed by atoms with van der Waals surface area (Å²) in [4.78, 5) is 20.1. The number of nitrogens with two attached hydrogens (primary N) is 1. The number of anilines is 1. The highest BCUT2D eigenvalue weighted by atomic mass is 32.2. The van der Waals surface area contributed by atoms with Crippen molar-refractivity contribution in [1.29, 1.82) is 0 Å². The number of aromatic amines is 1. The van der Waals surface area contributed by atoms with Crippen LogP contribution in [0, 0.1) is 0 Å². The van der Waals surface area contributed by atoms with Gasteiger partial charge in [0.05, 0.1) is 21.8 Å². The van der Waals surface area contributed by atoms with Crippen molar-refractivity contribution in [2.75, 3.05) is 25.6 Å². The van der Waals surface area contributed by atoms with E-state index in [1.165, 1.54) is 4.90 Å². The predicted molar refractivity (Wildman–Crippen MR) is 75.1 cm³/mol. The molecule has 0 radical (unpaired) electrons. The smallest absolute Gasteiger partial charge is 0.222 e. The number of fused-ring (bicyclic) bond motifs is 1. The summed E-state index contributed by atoms with van der Waals surface area (Å²) < 4.78 is 12.0. The highest BCUT2D eigenvalue weighted by Crippen LogP contribution is 2.16. The molecule has 0 spiro atoms. The fourth-order valence-electron chi connectivity index (χ4n) is 1.61. The zero-order valence-corrected chi connectivity index (χ0v) is 11.7. The van der Waals surface area contributed by atoms with E-state index in [9.17, 15) is 9.00 Å². The predicted octanol–water partition coefficient (Wildman–Crippen LogP) is 0.731. The van der Waals surface area contributed by atoms with Crippen molar-refractivity contribution in [3.63, 3.8) is 0 Å². The van der Waals surface area contributed by atoms with E-state index < -0.39 is 10.8 Å². The lowest BCUT2D eigenvalue weighted by Gasteiger charge is -2.08. The molecule has 0 aliphatic carbocycles. The first-order valence-electron chi connectivity index (χ1n) is 5.81. The molecular weight excluding hydrogens is 264 g/mol. The second kappa shape index (κ2) is 5.40. The number of nitrogens with zero attached hydrogens (tertiary/aromatic N) is 2. The third kappa shape index (κ3) is 3.11. The molecule has 102 valence electrons. The number of hydrogen-bond acceptors (Lipinski definition) is 4. The van der Waals surface area contributed by atoms with Gasteiger partial charge in [-0.25, -0.2) is 4.98 Å². The molecular formula is C12H16N4O2S. The summed E-state index contributed by atoms with van der Waals surface area (Å²) in [6, 6.07) is 5.26. The van der Waals surface area contributed by atoms with Gasteiger partial charge in [0.25, 0.3) is 0 Å². The molecule has 2 rings (SSSR count). The Hall–Kier alpha value is -1.89. The first-order valence-corrected chi connectivity index (χ1v) is 7.13. The molecule has 1 aromatic carbocycles. The van der Waals surface area contributed by atoms with Crippen LogP contribution in [0.3, 0.4) is 0 Å². The van der Waals surface area contributed by atoms with E-state index in [2.05, 4.69) is 9.97 Å². The average Bonchev–Trinajstić information content (AvgIpc) is 2.78. The van der Waals surface area contributed by atoms with Crippen molar-refractivity contribution in [1.82, 2.24) is 14.9 Å². The monoisotopic (exact) mass is 280 g/mol. The van der Waals surface area contributed by atoms with Gasteiger partial charge in [0.2, 0.25) is 5.91 Å². The number of nitrogen functional groups attached to an aromatic ring is 1. The van der Waals surface area contributed by atoms with Gasteiger partial charge in [-0.05, 0) is 18.2 Å². The maximum absolute atomic E-state index is 12.0. The Morgan fingerprint density at radius 2 is 2.21 bits per heavy atom. The number of nitrogens with one attached hydrogen (secondary N) is 1. The fourth-order valence-corrected chi connectivity index (χ4v) is 2.59. The molecule has 19 heavy (non-hydrogen) atoms. The van der Waals surface area contributed by atoms with Gasteiger partial charge in [-0.15, -0.1) is 0 Å². The van der Waals surface area contributed by atoms with Crippen LogP contribution < -0.4 is 5.73 Å². The van der Waals surface area contributed by atoms with Crippen molar-refractivity contribution in [3.8, 4) is 0 Å². The molecule has 7 heteroatoms. The van der Waals surface area contributed by atoms with E-state index in [-0.39, 0.29) is 18.1 Å². The maximum atomic E-state index is 12.0. The number of carbonyl (C=O) groups is 1. The Balaban J connectivity index is 2.11. The summed E-state index contributed by atoms with van der Waals surface area (Å²) in [6.07, 6.45) is 0.235. The lowest BCUT2D eigenvalue weighted by molar-refractivity contribution is -0.128. The third-order valence-electron chi connectivity index (χ3n) is 2.70. The minimum absolute atomic E-state index is 0.0475. The van der Waals surface area contributed by atoms with Crippen LogP contribution in [0.1, 0.15) is 6.42 Å². The van der Waals surface area contributed by atoms with Crippen LogP contribution in [-0.4, -0.2) is 44.8 Å². The average molecular weight is 280 g/mol. The Kier molecular flexibility index (Phi) is 3.84. The van der Waals surface area contributed by atoms with E-state index >= 15 is 0 Å². The van der Waals surface area contributed by atoms with Crippen LogP contribution in [0.4, 0.5) is 5.69 Å². The van der Waals surface area contributed by atoms with E-state index in [0.29, 0.717) is 10.8 Å². The molecule has 2 aromatic rings. The molecule has 1 unspecified atom stereocenters. The van der Waals surface area contributed by atoms with Crippen molar-refractivity contribution < 1.29 is 9.00 Å². The van der Waals surface area contributed by atoms with Gasteiger partial charge < -0.3 is 15.6 Å². The van der Waals surface area contributed by atoms with Crippen LogP contribution in [0.2, 0.25) is 0 Å². The molecule has 0 fully saturated rings. The number of amides is 1. The number of H-pyrrole nitrogens is 1. The van der Waals surface area contributed by atoms with Crippen LogP contribution in [-0.2, 0) is 15.6 Å². The molecule has 3 N–H and O–H groups in total. The third-order valence-corrected chi connectivity index (χ3v) is 3.90. The summed E-state index contributed by atoms with van der Waals surface area (Å²) in [6.45, 7) is 0. The second-order valence-corrected chi connectivity index (χ2v) is 5.89. The minimum atomic E-state index is -1.31. The zero-order chi connectivity index (χ0) is 14.0. The van der Waals surface area contributed by atoms with E-state index in [0.717, 1.165) is 11.0 Å². The summed E-state index contributed by atoms with van der Waals surface area (Å²) in [7, 11) is 2.04. The maximum Gasteiger partial charge on any atom is 0.222 e. The van der Waals surface area contributed by atoms with Gasteiger partial charge in [0.15, 0.2) is 5.16 Å². The van der Waals surface area contributed by atoms with Crippen molar-refractivity contribution in [2.24, 2.45) is 0 Å². The normalized spacial score (nSPS) is 12.5. The van der Waals surface area contributed by atoms with Gasteiger partial charge in [0, 0.05) is 32.0 Å². The Bertz CT molecular complexity index is 636. The number of benzene rings is 1. The van der Waals surface area contributed by atoms with Gasteiger partial charge >= 0.3 is 0 Å². The first-order chi connectivity index (χ1) is 8.97. The number of imidazole rings is 1. The van der Waals surface area contributed by atoms with Crippen molar-refractivity contribution >= 4 is 33.4 Å². The van der Waals surface area contributed by atoms with Crippen LogP contribution >= 0.6 is 0 Å². The highest BCUT2D eigenvalue weighted by Gasteiger charge is 2.13. The van der Waals surface area contributed by atoms with E-state index in [1.807, 2.05) is 0 Å². The zero-order valence-electron chi connectivity index (χ0n) is 10.8. The molecule has 1 amide bonds. The molecule has 6 nitrogen and oxygen atoms in total. The van der Waals surface area contributed by atoms with Crippen LogP contribution in [0.25, 0.3) is 11.0 Å². The summed E-state index contributed by atoms with van der Waals surface area (Å²) in [5.74, 6) is 0.209. The highest BCUT2D eigenvalue weighted by molar-refractivity contribution is 7.84. The second-order valence-electron chi connectivity index (χ2n) is 4.41. The first kappa shape index (κ1) is 13.5. The van der Waals surface area contributed by atoms with Crippen LogP contribution in [0.5, 0.6) is 0 Å². The number of rotatable bonds is 4. The summed E-state index contributed by atoms with van der Waals surface area (Å²) >= 11 is 0. The van der Waals surface area contributed by atoms with Gasteiger partial charge in [-0.2, -0.15) is 0 Å². The lowest BCUT2D eigenvalue weighted by atomic mass is 10.3. The van der Waals surface area contributed by atoms with Gasteiger partial charge in [0.1, 0.15) is 0 Å². The molecule has 0 aliphatic heterocycles. The molecule has 1 heterocycles. The molecule has 0 bridgehead atoms. The standard InChI is InChI=1S/C12H16N4O2S/c1-16(2)11(17)5-6-19(18)12-14-9-4-3-8(13)7-10(9)15-12/h3-4,7H,5-6,13H2,1-2H3,(H,14,15). The van der Waals surface area contributed by atoms with Crippen molar-refractivity contribution in [2.45, 2.75) is 11.6 Å². The minimum Gasteiger partial charge on any atom is -0.399 e. The topological polar surface area (TPSA) is 92.1 Å². The summed E-state index contributed by atoms with van der Waals surface area (Å²) in [5.41, 5.74) is 7.76. The molecule has 0 saturated heterocycles. The Morgan fingerprint density at radius 3 is 2.89 bits per heavy atom. The molecule has 0 saturated carbocycles. The van der Waals surface area contributed by atoms with Gasteiger partial charge in [-0.3, -0.25) is 9.00 Å². The van der Waals surface area contributed by atoms with Crippen LogP contribution in [0.15, 0.2) is 23.4 Å². The number of aromatic nitrogens is 2. The largest absolute Gasteiger partial charge is 0.399 e. The number of hydrogen-bond donors (Lipinski definition) is 2. The fraction of sp³-hybridized carbons (Fsp3) is 0.333. The summed E-state index contributed by atoms with van der Waals surface area (Å²) in [5, 5.41) is 0.382. The number of carbonyl (C=O) groups excluding carboxylic acids is 1. The van der Waals surface area contributed by atoms with E-state index in [1.54, 1.807) is 32.3 Å². The van der Waals surface area contributed by atoms with E-state index in [4.69, 9.17) is 5.73 Å². The molecule has 1 aromatic heterocycles. The Labute approximate surface area is 113 Å². The SMILES string of the molecule is CN(C)C(=O)CCS(=O)c1nc2ccc(N)cc2[nH]1. The quantitative estimate of drug-likeness (QED) is 0.808.